The number of aromatic carboxylic acids is 1. The molecule has 0 saturated carbocycles. The van der Waals surface area contributed by atoms with Crippen molar-refractivity contribution >= 4 is 5.97 Å². The molecule has 6 heteroatoms. The Labute approximate surface area is 102 Å². The molecule has 0 aliphatic heterocycles. The highest BCUT2D eigenvalue weighted by Gasteiger charge is 2.17. The Morgan fingerprint density at radius 2 is 2.17 bits per heavy atom. The monoisotopic (exact) mass is 248 g/mol. The average Bonchev–Trinajstić information content (AvgIpc) is 2.28. The molecule has 1 aromatic carbocycles. The van der Waals surface area contributed by atoms with Crippen molar-refractivity contribution in [2.45, 2.75) is 6.92 Å². The number of halogens is 1. The molecule has 0 aliphatic rings. The predicted molar refractivity (Wildman–Crippen MR) is 60.2 cm³/mol. The molecule has 92 valence electrons. The van der Waals surface area contributed by atoms with Crippen LogP contribution in [0.25, 0.3) is 0 Å². The zero-order valence-electron chi connectivity index (χ0n) is 9.42. The van der Waals surface area contributed by atoms with Gasteiger partial charge in [0.05, 0.1) is 0 Å². The highest BCUT2D eigenvalue weighted by Crippen LogP contribution is 2.25. The van der Waals surface area contributed by atoms with Crippen LogP contribution in [0.1, 0.15) is 16.2 Å². The van der Waals surface area contributed by atoms with E-state index in [1.54, 1.807) is 6.92 Å². The lowest BCUT2D eigenvalue weighted by atomic mass is 10.2. The maximum absolute atomic E-state index is 13.4. The van der Waals surface area contributed by atoms with Gasteiger partial charge >= 0.3 is 5.97 Å². The van der Waals surface area contributed by atoms with Crippen LogP contribution in [0.2, 0.25) is 0 Å². The normalized spacial score (nSPS) is 10.1. The second kappa shape index (κ2) is 4.79. The van der Waals surface area contributed by atoms with Crippen molar-refractivity contribution in [3.63, 3.8) is 0 Å². The molecule has 0 bridgehead atoms. The third-order valence-electron chi connectivity index (χ3n) is 2.15. The number of carboxylic acids is 1. The molecule has 1 N–H and O–H groups in total. The largest absolute Gasteiger partial charge is 0.477 e. The van der Waals surface area contributed by atoms with Crippen molar-refractivity contribution in [3.05, 3.63) is 47.7 Å². The van der Waals surface area contributed by atoms with Gasteiger partial charge in [-0.05, 0) is 19.1 Å². The summed E-state index contributed by atoms with van der Waals surface area (Å²) in [6, 6.07) is 5.25. The number of hydrogen-bond donors (Lipinski definition) is 1. The average molecular weight is 248 g/mol. The topological polar surface area (TPSA) is 72.3 Å². The number of hydrogen-bond acceptors (Lipinski definition) is 4. The van der Waals surface area contributed by atoms with E-state index in [2.05, 4.69) is 9.97 Å². The van der Waals surface area contributed by atoms with Gasteiger partial charge in [0.25, 0.3) is 0 Å². The van der Waals surface area contributed by atoms with E-state index in [0.717, 1.165) is 6.07 Å². The van der Waals surface area contributed by atoms with E-state index < -0.39 is 17.3 Å². The lowest BCUT2D eigenvalue weighted by Gasteiger charge is -2.08. The fourth-order valence-electron chi connectivity index (χ4n) is 1.40. The molecule has 1 heterocycles. The van der Waals surface area contributed by atoms with Gasteiger partial charge in [-0.1, -0.05) is 6.07 Å². The van der Waals surface area contributed by atoms with Gasteiger partial charge < -0.3 is 9.84 Å². The van der Waals surface area contributed by atoms with Crippen molar-refractivity contribution in [2.75, 3.05) is 0 Å². The number of nitrogens with zero attached hydrogens (tertiary/aromatic N) is 2. The summed E-state index contributed by atoms with van der Waals surface area (Å²) in [6.45, 7) is 1.66. The van der Waals surface area contributed by atoms with Crippen LogP contribution >= 0.6 is 0 Å². The lowest BCUT2D eigenvalue weighted by molar-refractivity contribution is 0.0689. The number of ether oxygens (including phenoxy) is 1. The summed E-state index contributed by atoms with van der Waals surface area (Å²) in [5.41, 5.74) is -0.520. The fraction of sp³-hybridized carbons (Fsp3) is 0.0833. The molecular weight excluding hydrogens is 239 g/mol. The first-order valence-electron chi connectivity index (χ1n) is 5.07. The molecule has 0 unspecified atom stereocenters. The Hall–Kier alpha value is -2.50. The van der Waals surface area contributed by atoms with Crippen LogP contribution in [0.5, 0.6) is 11.6 Å². The van der Waals surface area contributed by atoms with Crippen LogP contribution in [-0.2, 0) is 0 Å². The summed E-state index contributed by atoms with van der Waals surface area (Å²) in [5, 5.41) is 8.93. The molecule has 0 atom stereocenters. The molecular formula is C12H9FN2O3. The van der Waals surface area contributed by atoms with Crippen molar-refractivity contribution < 1.29 is 19.0 Å². The van der Waals surface area contributed by atoms with Crippen LogP contribution in [0.3, 0.4) is 0 Å². The number of rotatable bonds is 3. The smallest absolute Gasteiger partial charge is 0.342 e. The quantitative estimate of drug-likeness (QED) is 0.902. The van der Waals surface area contributed by atoms with Gasteiger partial charge in [-0.3, -0.25) is 0 Å². The first-order valence-corrected chi connectivity index (χ1v) is 5.07. The molecule has 0 amide bonds. The van der Waals surface area contributed by atoms with Gasteiger partial charge in [-0.2, -0.15) is 4.98 Å². The van der Waals surface area contributed by atoms with E-state index in [-0.39, 0.29) is 11.6 Å². The number of aromatic nitrogens is 2. The van der Waals surface area contributed by atoms with Crippen LogP contribution in [0.4, 0.5) is 4.39 Å². The van der Waals surface area contributed by atoms with Gasteiger partial charge in [0, 0.05) is 12.3 Å². The zero-order chi connectivity index (χ0) is 13.1. The molecule has 5 nitrogen and oxygen atoms in total. The Bertz CT molecular complexity index is 602. The molecule has 0 radical (unpaired) electrons. The highest BCUT2D eigenvalue weighted by molar-refractivity contribution is 5.91. The maximum Gasteiger partial charge on any atom is 0.342 e. The van der Waals surface area contributed by atoms with Crippen molar-refractivity contribution in [2.24, 2.45) is 0 Å². The summed E-state index contributed by atoms with van der Waals surface area (Å²) >= 11 is 0. The summed E-state index contributed by atoms with van der Waals surface area (Å²) < 4.78 is 18.6. The Morgan fingerprint density at radius 1 is 1.39 bits per heavy atom. The second-order valence-corrected chi connectivity index (χ2v) is 3.46. The Morgan fingerprint density at radius 3 is 2.83 bits per heavy atom. The molecule has 1 aromatic heterocycles. The lowest BCUT2D eigenvalue weighted by Crippen LogP contribution is -2.04. The minimum atomic E-state index is -1.39. The van der Waals surface area contributed by atoms with Gasteiger partial charge in [0.2, 0.25) is 5.88 Å². The maximum atomic E-state index is 13.4. The summed E-state index contributed by atoms with van der Waals surface area (Å²) in [5.74, 6) is -1.71. The van der Waals surface area contributed by atoms with E-state index in [4.69, 9.17) is 9.84 Å². The Kier molecular flexibility index (Phi) is 3.18. The first kappa shape index (κ1) is 12.0. The summed E-state index contributed by atoms with van der Waals surface area (Å²) in [7, 11) is 0. The van der Waals surface area contributed by atoms with E-state index in [1.807, 2.05) is 0 Å². The van der Waals surface area contributed by atoms with Crippen molar-refractivity contribution in [1.29, 1.82) is 0 Å². The molecule has 18 heavy (non-hydrogen) atoms. The number of aryl methyl sites for hydroxylation is 1. The third-order valence-corrected chi connectivity index (χ3v) is 2.15. The Balaban J connectivity index is 2.40. The molecule has 2 aromatic rings. The van der Waals surface area contributed by atoms with E-state index in [1.165, 1.54) is 24.4 Å². The van der Waals surface area contributed by atoms with E-state index >= 15 is 0 Å². The van der Waals surface area contributed by atoms with Gasteiger partial charge in [-0.25, -0.2) is 14.2 Å². The number of benzene rings is 1. The molecule has 0 spiro atoms. The van der Waals surface area contributed by atoms with Crippen molar-refractivity contribution in [3.8, 4) is 11.6 Å². The highest BCUT2D eigenvalue weighted by atomic mass is 19.1. The van der Waals surface area contributed by atoms with Crippen LogP contribution in [0.15, 0.2) is 30.5 Å². The zero-order valence-corrected chi connectivity index (χ0v) is 9.42. The standard InChI is InChI=1S/C12H9FN2O3/c1-7-14-6-5-10(15-7)18-9-4-2-3-8(13)11(9)12(16)17/h2-6H,1H3,(H,16,17). The molecule has 0 fully saturated rings. The van der Waals surface area contributed by atoms with Crippen LogP contribution < -0.4 is 4.74 Å². The van der Waals surface area contributed by atoms with Gasteiger partial charge in [-0.15, -0.1) is 0 Å². The minimum absolute atomic E-state index is 0.0967. The molecule has 2 rings (SSSR count). The summed E-state index contributed by atoms with van der Waals surface area (Å²) in [6.07, 6.45) is 1.47. The van der Waals surface area contributed by atoms with Gasteiger partial charge in [0.1, 0.15) is 23.0 Å². The van der Waals surface area contributed by atoms with Gasteiger partial charge in [0.15, 0.2) is 0 Å². The SMILES string of the molecule is Cc1nccc(Oc2cccc(F)c2C(=O)O)n1. The van der Waals surface area contributed by atoms with Crippen LogP contribution in [-0.4, -0.2) is 21.0 Å². The fourth-order valence-corrected chi connectivity index (χ4v) is 1.40. The van der Waals surface area contributed by atoms with E-state index in [0.29, 0.717) is 5.82 Å². The van der Waals surface area contributed by atoms with Crippen molar-refractivity contribution in [1.82, 2.24) is 9.97 Å². The molecule has 0 saturated heterocycles. The van der Waals surface area contributed by atoms with E-state index in [9.17, 15) is 9.18 Å². The molecule has 0 aliphatic carbocycles. The number of carboxylic acid groups (broad SMARTS) is 1. The third kappa shape index (κ3) is 2.42. The first-order chi connectivity index (χ1) is 8.58. The van der Waals surface area contributed by atoms with Crippen LogP contribution in [0, 0.1) is 12.7 Å². The second-order valence-electron chi connectivity index (χ2n) is 3.46. The predicted octanol–water partition coefficient (Wildman–Crippen LogP) is 2.41. The minimum Gasteiger partial charge on any atom is -0.477 e. The number of carbonyl (C=O) groups is 1. The summed E-state index contributed by atoms with van der Waals surface area (Å²) in [4.78, 5) is 18.8.